The van der Waals surface area contributed by atoms with Crippen LogP contribution in [0.2, 0.25) is 0 Å². The smallest absolute Gasteiger partial charge is 0.338 e. The molecule has 0 atom stereocenters. The van der Waals surface area contributed by atoms with Crippen molar-refractivity contribution in [3.05, 3.63) is 52.6 Å². The second-order valence-corrected chi connectivity index (χ2v) is 4.92. The molecule has 22 heavy (non-hydrogen) atoms. The first-order chi connectivity index (χ1) is 10.5. The Bertz CT molecular complexity index is 799. The van der Waals surface area contributed by atoms with Gasteiger partial charge >= 0.3 is 5.97 Å². The molecule has 1 aliphatic rings. The summed E-state index contributed by atoms with van der Waals surface area (Å²) in [5.74, 6) is -0.379. The number of hydrogen-bond acceptors (Lipinski definition) is 6. The number of anilines is 2. The zero-order valence-corrected chi connectivity index (χ0v) is 11.9. The molecule has 1 aliphatic heterocycles. The molecular formula is C16H14N2O4. The molecule has 0 amide bonds. The van der Waals surface area contributed by atoms with Crippen LogP contribution in [-0.2, 0) is 11.3 Å². The second-order valence-electron chi connectivity index (χ2n) is 4.92. The first kappa shape index (κ1) is 13.9. The lowest BCUT2D eigenvalue weighted by Crippen LogP contribution is -2.19. The summed E-state index contributed by atoms with van der Waals surface area (Å²) in [5.41, 5.74) is 14.0. The van der Waals surface area contributed by atoms with Gasteiger partial charge in [0.1, 0.15) is 12.4 Å². The van der Waals surface area contributed by atoms with Crippen molar-refractivity contribution in [2.45, 2.75) is 6.61 Å². The van der Waals surface area contributed by atoms with Gasteiger partial charge in [-0.05, 0) is 30.3 Å². The van der Waals surface area contributed by atoms with Crippen molar-refractivity contribution in [1.82, 2.24) is 0 Å². The van der Waals surface area contributed by atoms with Crippen LogP contribution in [0, 0.1) is 0 Å². The molecule has 2 aromatic rings. The van der Waals surface area contributed by atoms with Gasteiger partial charge in [0.25, 0.3) is 0 Å². The minimum atomic E-state index is -0.589. The topological polar surface area (TPSA) is 105 Å². The van der Waals surface area contributed by atoms with E-state index in [9.17, 15) is 9.59 Å². The number of rotatable bonds is 3. The quantitative estimate of drug-likeness (QED) is 0.508. The van der Waals surface area contributed by atoms with E-state index >= 15 is 0 Å². The molecular weight excluding hydrogens is 284 g/mol. The van der Waals surface area contributed by atoms with Crippen molar-refractivity contribution in [2.24, 2.45) is 0 Å². The minimum Gasteiger partial charge on any atom is -0.486 e. The van der Waals surface area contributed by atoms with Gasteiger partial charge in [-0.3, -0.25) is 4.79 Å². The predicted molar refractivity (Wildman–Crippen MR) is 80.8 cm³/mol. The van der Waals surface area contributed by atoms with E-state index in [-0.39, 0.29) is 16.9 Å². The highest BCUT2D eigenvalue weighted by Gasteiger charge is 2.28. The molecule has 0 radical (unpaired) electrons. The maximum Gasteiger partial charge on any atom is 0.338 e. The summed E-state index contributed by atoms with van der Waals surface area (Å²) in [6.07, 6.45) is 0. The number of ketones is 1. The van der Waals surface area contributed by atoms with Crippen LogP contribution in [0.3, 0.4) is 0 Å². The lowest BCUT2D eigenvalue weighted by Gasteiger charge is -2.24. The summed E-state index contributed by atoms with van der Waals surface area (Å²) in [6, 6.07) is 7.73. The van der Waals surface area contributed by atoms with Crippen LogP contribution in [0.4, 0.5) is 11.4 Å². The lowest BCUT2D eigenvalue weighted by atomic mass is 9.92. The average molecular weight is 298 g/mol. The van der Waals surface area contributed by atoms with Crippen molar-refractivity contribution in [3.63, 3.8) is 0 Å². The molecule has 0 saturated carbocycles. The maximum atomic E-state index is 12.8. The summed E-state index contributed by atoms with van der Waals surface area (Å²) in [7, 11) is 1.26. The van der Waals surface area contributed by atoms with E-state index in [4.69, 9.17) is 20.9 Å². The molecule has 6 nitrogen and oxygen atoms in total. The summed E-state index contributed by atoms with van der Waals surface area (Å²) >= 11 is 0. The fraction of sp³-hybridized carbons (Fsp3) is 0.125. The van der Waals surface area contributed by atoms with Gasteiger partial charge in [0.15, 0.2) is 5.78 Å². The van der Waals surface area contributed by atoms with E-state index < -0.39 is 5.97 Å². The zero-order chi connectivity index (χ0) is 15.9. The van der Waals surface area contributed by atoms with Crippen LogP contribution < -0.4 is 16.2 Å². The molecule has 0 aromatic heterocycles. The summed E-state index contributed by atoms with van der Waals surface area (Å²) in [6.45, 7) is 0.317. The highest BCUT2D eigenvalue weighted by molar-refractivity contribution is 6.16. The highest BCUT2D eigenvalue weighted by atomic mass is 16.5. The van der Waals surface area contributed by atoms with Gasteiger partial charge < -0.3 is 20.9 Å². The predicted octanol–water partition coefficient (Wildman–Crippen LogP) is 1.76. The Morgan fingerprint density at radius 1 is 1.09 bits per heavy atom. The fourth-order valence-corrected chi connectivity index (χ4v) is 2.42. The number of benzene rings is 2. The third-order valence-corrected chi connectivity index (χ3v) is 3.59. The van der Waals surface area contributed by atoms with Crippen molar-refractivity contribution in [2.75, 3.05) is 18.6 Å². The van der Waals surface area contributed by atoms with Crippen molar-refractivity contribution < 1.29 is 19.1 Å². The molecule has 4 N–H and O–H groups in total. The van der Waals surface area contributed by atoms with Gasteiger partial charge in [-0.15, -0.1) is 0 Å². The Labute approximate surface area is 126 Å². The molecule has 2 aromatic carbocycles. The zero-order valence-electron chi connectivity index (χ0n) is 11.9. The second kappa shape index (κ2) is 5.07. The van der Waals surface area contributed by atoms with E-state index in [1.165, 1.54) is 19.2 Å². The maximum absolute atomic E-state index is 12.8. The summed E-state index contributed by atoms with van der Waals surface area (Å²) < 4.78 is 9.98. The largest absolute Gasteiger partial charge is 0.486 e. The summed E-state index contributed by atoms with van der Waals surface area (Å²) in [4.78, 5) is 24.6. The number of nitrogen functional groups attached to an aromatic ring is 2. The lowest BCUT2D eigenvalue weighted by molar-refractivity contribution is 0.0597. The van der Waals surface area contributed by atoms with Gasteiger partial charge in [-0.1, -0.05) is 0 Å². The molecule has 0 spiro atoms. The van der Waals surface area contributed by atoms with Gasteiger partial charge in [0, 0.05) is 22.4 Å². The van der Waals surface area contributed by atoms with E-state index in [0.29, 0.717) is 29.3 Å². The molecule has 112 valence electrons. The molecule has 0 fully saturated rings. The van der Waals surface area contributed by atoms with E-state index in [1.54, 1.807) is 18.2 Å². The van der Waals surface area contributed by atoms with Crippen LogP contribution in [0.1, 0.15) is 31.8 Å². The number of ether oxygens (including phenoxy) is 2. The van der Waals surface area contributed by atoms with Gasteiger partial charge in [-0.25, -0.2) is 4.79 Å². The minimum absolute atomic E-state index is 0.174. The molecule has 0 bridgehead atoms. The fourth-order valence-electron chi connectivity index (χ4n) is 2.42. The number of methoxy groups -OCH3 is 1. The number of esters is 1. The molecule has 1 heterocycles. The Hall–Kier alpha value is -3.02. The van der Waals surface area contributed by atoms with E-state index in [1.807, 2.05) is 0 Å². The SMILES string of the molecule is COC(=O)c1ccc(N)cc1C(=O)c1ccc(N)c2c1CO2. The Kier molecular flexibility index (Phi) is 3.21. The van der Waals surface area contributed by atoms with Gasteiger partial charge in [0.05, 0.1) is 18.4 Å². The number of hydrogen-bond donors (Lipinski definition) is 2. The van der Waals surface area contributed by atoms with Crippen LogP contribution in [0.5, 0.6) is 5.75 Å². The number of carbonyl (C=O) groups is 2. The molecule has 0 aliphatic carbocycles. The van der Waals surface area contributed by atoms with Crippen molar-refractivity contribution in [3.8, 4) is 5.75 Å². The number of carbonyl (C=O) groups excluding carboxylic acids is 2. The monoisotopic (exact) mass is 298 g/mol. The van der Waals surface area contributed by atoms with Gasteiger partial charge in [0.2, 0.25) is 0 Å². The summed E-state index contributed by atoms with van der Waals surface area (Å²) in [5, 5.41) is 0. The molecule has 3 rings (SSSR count). The number of nitrogens with two attached hydrogens (primary N) is 2. The van der Waals surface area contributed by atoms with Gasteiger partial charge in [-0.2, -0.15) is 0 Å². The third kappa shape index (κ3) is 2.05. The van der Waals surface area contributed by atoms with E-state index in [0.717, 1.165) is 5.56 Å². The first-order valence-corrected chi connectivity index (χ1v) is 6.59. The average Bonchev–Trinajstić information content (AvgIpc) is 2.47. The third-order valence-electron chi connectivity index (χ3n) is 3.59. The van der Waals surface area contributed by atoms with E-state index in [2.05, 4.69) is 0 Å². The normalized spacial score (nSPS) is 11.9. The Morgan fingerprint density at radius 2 is 1.82 bits per heavy atom. The Balaban J connectivity index is 2.12. The van der Waals surface area contributed by atoms with Crippen molar-refractivity contribution >= 4 is 23.1 Å². The molecule has 6 heteroatoms. The standard InChI is InChI=1S/C16H14N2O4/c1-21-16(20)10-3-2-8(17)6-11(10)14(19)9-4-5-13(18)15-12(9)7-22-15/h2-6H,7,17-18H2,1H3. The van der Waals surface area contributed by atoms with Crippen LogP contribution >= 0.6 is 0 Å². The Morgan fingerprint density at radius 3 is 2.45 bits per heavy atom. The number of fused-ring (bicyclic) bond motifs is 1. The highest BCUT2D eigenvalue weighted by Crippen LogP contribution is 2.38. The molecule has 0 unspecified atom stereocenters. The van der Waals surface area contributed by atoms with Crippen LogP contribution in [-0.4, -0.2) is 18.9 Å². The van der Waals surface area contributed by atoms with Crippen LogP contribution in [0.25, 0.3) is 0 Å². The first-order valence-electron chi connectivity index (χ1n) is 6.59. The van der Waals surface area contributed by atoms with Crippen LogP contribution in [0.15, 0.2) is 30.3 Å². The van der Waals surface area contributed by atoms with Crippen molar-refractivity contribution in [1.29, 1.82) is 0 Å². The molecule has 0 saturated heterocycles.